The van der Waals surface area contributed by atoms with E-state index in [2.05, 4.69) is 15.6 Å². The molecule has 0 aliphatic heterocycles. The number of nitrogens with two attached hydrogens (primary N) is 1. The molecule has 2 amide bonds. The van der Waals surface area contributed by atoms with Crippen LogP contribution in [0.1, 0.15) is 32.1 Å². The maximum Gasteiger partial charge on any atom is 0.224 e. The predicted molar refractivity (Wildman–Crippen MR) is 95.4 cm³/mol. The molecule has 1 heterocycles. The molecule has 0 saturated carbocycles. The number of hydrogen-bond donors (Lipinski definition) is 3. The number of benzene rings is 1. The molecular weight excluding hydrogens is 304 g/mol. The molecule has 1 aromatic heterocycles. The Hall–Kier alpha value is -2.89. The molecule has 0 atom stereocenters. The normalized spacial score (nSPS) is 10.2. The van der Waals surface area contributed by atoms with E-state index in [-0.39, 0.29) is 11.8 Å². The number of nitrogens with zero attached hydrogens (tertiary/aromatic N) is 1. The fourth-order valence-electron chi connectivity index (χ4n) is 2.23. The first kappa shape index (κ1) is 17.5. The summed E-state index contributed by atoms with van der Waals surface area (Å²) < 4.78 is 0. The van der Waals surface area contributed by atoms with Crippen LogP contribution in [0.4, 0.5) is 17.1 Å². The van der Waals surface area contributed by atoms with Crippen molar-refractivity contribution in [1.29, 1.82) is 0 Å². The van der Waals surface area contributed by atoms with Crippen molar-refractivity contribution in [3.63, 3.8) is 0 Å². The fraction of sp³-hybridized carbons (Fsp3) is 0.278. The molecule has 6 heteroatoms. The van der Waals surface area contributed by atoms with Crippen molar-refractivity contribution in [2.45, 2.75) is 32.1 Å². The van der Waals surface area contributed by atoms with Gasteiger partial charge in [0, 0.05) is 19.0 Å². The minimum atomic E-state index is -0.0623. The van der Waals surface area contributed by atoms with Crippen molar-refractivity contribution >= 4 is 28.9 Å². The van der Waals surface area contributed by atoms with Crippen molar-refractivity contribution in [2.24, 2.45) is 0 Å². The predicted octanol–water partition coefficient (Wildman–Crippen LogP) is 3.19. The van der Waals surface area contributed by atoms with Gasteiger partial charge in [0.2, 0.25) is 11.8 Å². The zero-order valence-corrected chi connectivity index (χ0v) is 13.5. The Morgan fingerprint density at radius 1 is 0.917 bits per heavy atom. The molecule has 0 aliphatic carbocycles. The summed E-state index contributed by atoms with van der Waals surface area (Å²) in [5, 5.41) is 5.58. The van der Waals surface area contributed by atoms with Gasteiger partial charge in [0.15, 0.2) is 0 Å². The molecule has 0 bridgehead atoms. The standard InChI is InChI=1S/C18H22N4O2/c19-15-8-4-5-9-16(15)22-18(24)11-3-1-2-10-17(23)21-14-7-6-12-20-13-14/h4-9,12-13H,1-3,10-11,19H2,(H,21,23)(H,22,24). The summed E-state index contributed by atoms with van der Waals surface area (Å²) in [6.45, 7) is 0. The molecule has 24 heavy (non-hydrogen) atoms. The Labute approximate surface area is 141 Å². The van der Waals surface area contributed by atoms with Crippen LogP contribution in [-0.4, -0.2) is 16.8 Å². The number of aromatic nitrogens is 1. The molecule has 4 N–H and O–H groups in total. The lowest BCUT2D eigenvalue weighted by atomic mass is 10.1. The monoisotopic (exact) mass is 326 g/mol. The molecule has 2 rings (SSSR count). The number of pyridine rings is 1. The van der Waals surface area contributed by atoms with E-state index >= 15 is 0 Å². The number of hydrogen-bond acceptors (Lipinski definition) is 4. The molecule has 126 valence electrons. The molecule has 6 nitrogen and oxygen atoms in total. The van der Waals surface area contributed by atoms with Crippen LogP contribution < -0.4 is 16.4 Å². The zero-order valence-electron chi connectivity index (χ0n) is 13.5. The maximum absolute atomic E-state index is 11.8. The average Bonchev–Trinajstić information content (AvgIpc) is 2.57. The summed E-state index contributed by atoms with van der Waals surface area (Å²) >= 11 is 0. The Balaban J connectivity index is 1.58. The number of unbranched alkanes of at least 4 members (excludes halogenated alkanes) is 2. The molecule has 2 aromatic rings. The number of amides is 2. The van der Waals surface area contributed by atoms with Crippen molar-refractivity contribution in [2.75, 3.05) is 16.4 Å². The van der Waals surface area contributed by atoms with Crippen LogP contribution in [0.3, 0.4) is 0 Å². The second kappa shape index (κ2) is 9.29. The lowest BCUT2D eigenvalue weighted by Crippen LogP contribution is -2.13. The highest BCUT2D eigenvalue weighted by Crippen LogP contribution is 2.17. The van der Waals surface area contributed by atoms with Gasteiger partial charge in [0.1, 0.15) is 0 Å². The molecule has 0 unspecified atom stereocenters. The number of rotatable bonds is 8. The number of carbonyl (C=O) groups is 2. The van der Waals surface area contributed by atoms with E-state index in [4.69, 9.17) is 5.73 Å². The zero-order chi connectivity index (χ0) is 17.2. The van der Waals surface area contributed by atoms with Gasteiger partial charge >= 0.3 is 0 Å². The van der Waals surface area contributed by atoms with Gasteiger partial charge in [0.05, 0.1) is 23.3 Å². The van der Waals surface area contributed by atoms with E-state index in [9.17, 15) is 9.59 Å². The summed E-state index contributed by atoms with van der Waals surface area (Å²) in [7, 11) is 0. The topological polar surface area (TPSA) is 97.1 Å². The molecule has 0 aliphatic rings. The maximum atomic E-state index is 11.8. The van der Waals surface area contributed by atoms with E-state index in [0.717, 1.165) is 19.3 Å². The van der Waals surface area contributed by atoms with Crippen LogP contribution in [0.2, 0.25) is 0 Å². The fourth-order valence-corrected chi connectivity index (χ4v) is 2.23. The first-order valence-electron chi connectivity index (χ1n) is 7.99. The molecule has 1 aromatic carbocycles. The second-order valence-electron chi connectivity index (χ2n) is 5.49. The van der Waals surface area contributed by atoms with Crippen molar-refractivity contribution in [3.05, 3.63) is 48.8 Å². The number of nitrogens with one attached hydrogen (secondary N) is 2. The van der Waals surface area contributed by atoms with Crippen LogP contribution in [0.25, 0.3) is 0 Å². The summed E-state index contributed by atoms with van der Waals surface area (Å²) in [5.74, 6) is -0.0998. The third-order valence-electron chi connectivity index (χ3n) is 3.49. The Bertz CT molecular complexity index is 674. The number of carbonyl (C=O) groups excluding carboxylic acids is 2. The van der Waals surface area contributed by atoms with E-state index in [1.807, 2.05) is 12.1 Å². The van der Waals surface area contributed by atoms with Gasteiger partial charge in [0.25, 0.3) is 0 Å². The third kappa shape index (κ3) is 6.08. The van der Waals surface area contributed by atoms with Crippen LogP contribution in [0.5, 0.6) is 0 Å². The lowest BCUT2D eigenvalue weighted by Gasteiger charge is -2.08. The number of anilines is 3. The molecule has 0 spiro atoms. The number of para-hydroxylation sites is 2. The molecule has 0 saturated heterocycles. The summed E-state index contributed by atoms with van der Waals surface area (Å²) in [6, 6.07) is 10.7. The van der Waals surface area contributed by atoms with E-state index in [1.165, 1.54) is 0 Å². The minimum Gasteiger partial charge on any atom is -0.397 e. The first-order chi connectivity index (χ1) is 11.6. The third-order valence-corrected chi connectivity index (χ3v) is 3.49. The van der Waals surface area contributed by atoms with Gasteiger partial charge in [-0.2, -0.15) is 0 Å². The molecule has 0 radical (unpaired) electrons. The van der Waals surface area contributed by atoms with Crippen molar-refractivity contribution in [1.82, 2.24) is 4.98 Å². The first-order valence-corrected chi connectivity index (χ1v) is 7.99. The summed E-state index contributed by atoms with van der Waals surface area (Å²) in [4.78, 5) is 27.5. The van der Waals surface area contributed by atoms with Crippen LogP contribution >= 0.6 is 0 Å². The van der Waals surface area contributed by atoms with Crippen molar-refractivity contribution < 1.29 is 9.59 Å². The van der Waals surface area contributed by atoms with Crippen LogP contribution in [0, 0.1) is 0 Å². The summed E-state index contributed by atoms with van der Waals surface area (Å²) in [5.41, 5.74) is 7.67. The Morgan fingerprint density at radius 2 is 1.62 bits per heavy atom. The second-order valence-corrected chi connectivity index (χ2v) is 5.49. The highest BCUT2D eigenvalue weighted by atomic mass is 16.2. The number of nitrogen functional groups attached to an aromatic ring is 1. The van der Waals surface area contributed by atoms with Crippen molar-refractivity contribution in [3.8, 4) is 0 Å². The SMILES string of the molecule is Nc1ccccc1NC(=O)CCCCCC(=O)Nc1cccnc1. The van der Waals surface area contributed by atoms with E-state index < -0.39 is 0 Å². The minimum absolute atomic E-state index is 0.0375. The highest BCUT2D eigenvalue weighted by molar-refractivity contribution is 5.93. The van der Waals surface area contributed by atoms with Gasteiger partial charge in [-0.3, -0.25) is 14.6 Å². The Kier molecular flexibility index (Phi) is 6.76. The highest BCUT2D eigenvalue weighted by Gasteiger charge is 2.06. The van der Waals surface area contributed by atoms with Gasteiger partial charge in [-0.05, 0) is 37.1 Å². The van der Waals surface area contributed by atoms with Gasteiger partial charge in [-0.1, -0.05) is 18.6 Å². The van der Waals surface area contributed by atoms with Crippen LogP contribution in [0.15, 0.2) is 48.8 Å². The summed E-state index contributed by atoms with van der Waals surface area (Å²) in [6.07, 6.45) is 6.41. The van der Waals surface area contributed by atoms with E-state index in [1.54, 1.807) is 36.7 Å². The van der Waals surface area contributed by atoms with Gasteiger partial charge in [-0.25, -0.2) is 0 Å². The Morgan fingerprint density at radius 3 is 2.29 bits per heavy atom. The molecule has 0 fully saturated rings. The van der Waals surface area contributed by atoms with Gasteiger partial charge < -0.3 is 16.4 Å². The smallest absolute Gasteiger partial charge is 0.224 e. The quantitative estimate of drug-likeness (QED) is 0.512. The van der Waals surface area contributed by atoms with Gasteiger partial charge in [-0.15, -0.1) is 0 Å². The lowest BCUT2D eigenvalue weighted by molar-refractivity contribution is -0.116. The van der Waals surface area contributed by atoms with Crippen LogP contribution in [-0.2, 0) is 9.59 Å². The van der Waals surface area contributed by atoms with E-state index in [0.29, 0.717) is 29.9 Å². The largest absolute Gasteiger partial charge is 0.397 e. The molecular formula is C18H22N4O2. The average molecular weight is 326 g/mol.